The third-order valence-electron chi connectivity index (χ3n) is 18.8. The van der Waals surface area contributed by atoms with Crippen molar-refractivity contribution in [2.45, 2.75) is 158 Å². The SMILES string of the molecule is CSC=C(OB([C@H]1[C@H]2[C@@H](CC[C@@H]1C)C2(C)C)[C@H]1[C@H]2[C@@H](CC[C@@H]1C)C2(C)C)OB([C@H]1[C@H]2[C@@H](CC[C@@H]1C)C2(C)C)[C@H]1[C@H]2[C@@H](CC[C@@H]1C)C2(C)C. The molecule has 0 N–H and O–H groups in total. The van der Waals surface area contributed by atoms with Gasteiger partial charge in [0.2, 0.25) is 5.95 Å². The lowest BCUT2D eigenvalue weighted by Crippen LogP contribution is -2.44. The van der Waals surface area contributed by atoms with Crippen LogP contribution in [0.25, 0.3) is 0 Å². The Labute approximate surface area is 301 Å². The van der Waals surface area contributed by atoms with Crippen molar-refractivity contribution in [2.24, 2.45) is 92.7 Å². The zero-order chi connectivity index (χ0) is 34.5. The minimum Gasteiger partial charge on any atom is -0.536 e. The minimum absolute atomic E-state index is 0.265. The van der Waals surface area contributed by atoms with E-state index in [1.165, 1.54) is 51.4 Å². The number of thioether (sulfide) groups is 1. The third-order valence-corrected chi connectivity index (χ3v) is 19.2. The molecule has 0 bridgehead atoms. The highest BCUT2D eigenvalue weighted by atomic mass is 32.2. The van der Waals surface area contributed by atoms with E-state index in [0.29, 0.717) is 44.9 Å². The Morgan fingerprint density at radius 1 is 0.479 bits per heavy atom. The van der Waals surface area contributed by atoms with E-state index in [0.717, 1.165) is 77.0 Å². The van der Waals surface area contributed by atoms with Crippen LogP contribution in [0.2, 0.25) is 23.3 Å². The predicted molar refractivity (Wildman–Crippen MR) is 207 cm³/mol. The highest BCUT2D eigenvalue weighted by Gasteiger charge is 2.73. The second kappa shape index (κ2) is 11.4. The van der Waals surface area contributed by atoms with Crippen LogP contribution in [0.15, 0.2) is 11.4 Å². The van der Waals surface area contributed by atoms with Gasteiger partial charge in [0, 0.05) is 5.41 Å². The van der Waals surface area contributed by atoms with E-state index in [1.54, 1.807) is 0 Å². The minimum atomic E-state index is 0.265. The quantitative estimate of drug-likeness (QED) is 0.179. The van der Waals surface area contributed by atoms with Gasteiger partial charge in [-0.15, -0.1) is 11.8 Å². The first kappa shape index (κ1) is 34.9. The van der Waals surface area contributed by atoms with E-state index in [9.17, 15) is 0 Å². The summed E-state index contributed by atoms with van der Waals surface area (Å²) in [5.74, 6) is 13.0. The molecule has 0 unspecified atom stereocenters. The summed E-state index contributed by atoms with van der Waals surface area (Å²) in [6, 6.07) is 0. The van der Waals surface area contributed by atoms with Crippen molar-refractivity contribution >= 4 is 25.6 Å². The topological polar surface area (TPSA) is 18.5 Å². The summed E-state index contributed by atoms with van der Waals surface area (Å²) in [5.41, 5.74) is 1.81. The molecule has 268 valence electrons. The summed E-state index contributed by atoms with van der Waals surface area (Å²) in [5, 5.41) is 2.32. The summed E-state index contributed by atoms with van der Waals surface area (Å²) in [6.07, 6.45) is 13.4. The molecule has 0 heterocycles. The van der Waals surface area contributed by atoms with Crippen molar-refractivity contribution in [1.82, 2.24) is 0 Å². The average Bonchev–Trinajstić information content (AvgIpc) is 3.96. The van der Waals surface area contributed by atoms with Crippen molar-refractivity contribution in [3.63, 3.8) is 0 Å². The molecule has 0 aromatic heterocycles. The van der Waals surface area contributed by atoms with Gasteiger partial charge in [0.05, 0.1) is 0 Å². The predicted octanol–water partition coefficient (Wildman–Crippen LogP) is 12.5. The van der Waals surface area contributed by atoms with Gasteiger partial charge in [0.15, 0.2) is 0 Å². The number of fused-ring (bicyclic) bond motifs is 4. The van der Waals surface area contributed by atoms with Gasteiger partial charge < -0.3 is 9.31 Å². The first-order valence-electron chi connectivity index (χ1n) is 21.0. The smallest absolute Gasteiger partial charge is 0.369 e. The van der Waals surface area contributed by atoms with E-state index >= 15 is 0 Å². The van der Waals surface area contributed by atoms with Gasteiger partial charge in [0.25, 0.3) is 0 Å². The molecule has 0 amide bonds. The maximum absolute atomic E-state index is 7.79. The van der Waals surface area contributed by atoms with Gasteiger partial charge in [-0.2, -0.15) is 0 Å². The van der Waals surface area contributed by atoms with Crippen LogP contribution in [0, 0.1) is 92.7 Å². The molecule has 8 fully saturated rings. The molecule has 48 heavy (non-hydrogen) atoms. The largest absolute Gasteiger partial charge is 0.536 e. The van der Waals surface area contributed by atoms with Crippen LogP contribution in [0.1, 0.15) is 134 Å². The monoisotopic (exact) mass is 675 g/mol. The van der Waals surface area contributed by atoms with Crippen molar-refractivity contribution in [1.29, 1.82) is 0 Å². The Bertz CT molecular complexity index is 1110. The fraction of sp³-hybridized carbons (Fsp3) is 0.953. The third kappa shape index (κ3) is 5.06. The van der Waals surface area contributed by atoms with Gasteiger partial charge in [-0.3, -0.25) is 0 Å². The zero-order valence-corrected chi connectivity index (χ0v) is 34.2. The van der Waals surface area contributed by atoms with Crippen LogP contribution in [0.4, 0.5) is 0 Å². The molecule has 0 spiro atoms. The summed E-state index contributed by atoms with van der Waals surface area (Å²) in [4.78, 5) is 0. The number of hydrogen-bond donors (Lipinski definition) is 0. The first-order valence-corrected chi connectivity index (χ1v) is 22.3. The average molecular weight is 675 g/mol. The Hall–Kier alpha value is -0.180. The molecule has 8 aliphatic rings. The van der Waals surface area contributed by atoms with Gasteiger partial charge in [0.1, 0.15) is 0 Å². The second-order valence-corrected chi connectivity index (χ2v) is 22.9. The van der Waals surface area contributed by atoms with Gasteiger partial charge in [-0.05, 0) is 148 Å². The molecule has 0 radical (unpaired) electrons. The summed E-state index contributed by atoms with van der Waals surface area (Å²) >= 11 is 1.82. The summed E-state index contributed by atoms with van der Waals surface area (Å²) in [7, 11) is 0. The van der Waals surface area contributed by atoms with E-state index in [4.69, 9.17) is 9.31 Å². The normalized spacial score (nSPS) is 50.7. The van der Waals surface area contributed by atoms with E-state index < -0.39 is 0 Å². The van der Waals surface area contributed by atoms with Crippen LogP contribution in [-0.2, 0) is 9.31 Å². The first-order chi connectivity index (χ1) is 22.5. The molecule has 8 saturated carbocycles. The zero-order valence-electron chi connectivity index (χ0n) is 33.4. The number of rotatable bonds is 9. The highest BCUT2D eigenvalue weighted by molar-refractivity contribution is 8.01. The Morgan fingerprint density at radius 2 is 0.729 bits per heavy atom. The molecule has 8 rings (SSSR count). The van der Waals surface area contributed by atoms with Crippen LogP contribution in [0.5, 0.6) is 0 Å². The highest BCUT2D eigenvalue weighted by Crippen LogP contribution is 2.78. The van der Waals surface area contributed by atoms with Gasteiger partial charge in [-0.1, -0.05) is 109 Å². The van der Waals surface area contributed by atoms with E-state index in [1.807, 2.05) is 11.8 Å². The lowest BCUT2D eigenvalue weighted by atomic mass is 9.36. The summed E-state index contributed by atoms with van der Waals surface area (Å²) < 4.78 is 15.6. The molecule has 2 nitrogen and oxygen atoms in total. The molecule has 0 aliphatic heterocycles. The van der Waals surface area contributed by atoms with Crippen molar-refractivity contribution in [3.05, 3.63) is 11.4 Å². The lowest BCUT2D eigenvalue weighted by molar-refractivity contribution is 0.174. The molecule has 16 atom stereocenters. The molecule has 8 aliphatic carbocycles. The maximum Gasteiger partial charge on any atom is 0.369 e. The van der Waals surface area contributed by atoms with E-state index in [2.05, 4.69) is 94.7 Å². The van der Waals surface area contributed by atoms with Crippen molar-refractivity contribution in [3.8, 4) is 0 Å². The Kier molecular flexibility index (Phi) is 8.29. The van der Waals surface area contributed by atoms with E-state index in [-0.39, 0.29) is 13.8 Å². The molecule has 0 aromatic rings. The molecule has 0 aromatic carbocycles. The van der Waals surface area contributed by atoms with Gasteiger partial charge >= 0.3 is 13.8 Å². The molecular weight excluding hydrogens is 602 g/mol. The Morgan fingerprint density at radius 3 is 0.958 bits per heavy atom. The number of hydrogen-bond acceptors (Lipinski definition) is 3. The van der Waals surface area contributed by atoms with Gasteiger partial charge in [-0.25, -0.2) is 0 Å². The molecular formula is C43H72B2O2S. The van der Waals surface area contributed by atoms with Crippen LogP contribution < -0.4 is 0 Å². The second-order valence-electron chi connectivity index (χ2n) is 22.2. The Balaban J connectivity index is 1.17. The van der Waals surface area contributed by atoms with Crippen LogP contribution in [0.3, 0.4) is 0 Å². The van der Waals surface area contributed by atoms with Crippen LogP contribution >= 0.6 is 11.8 Å². The van der Waals surface area contributed by atoms with Crippen LogP contribution in [-0.4, -0.2) is 20.1 Å². The van der Waals surface area contributed by atoms with Crippen molar-refractivity contribution < 1.29 is 9.31 Å². The fourth-order valence-corrected chi connectivity index (χ4v) is 16.1. The fourth-order valence-electron chi connectivity index (χ4n) is 15.8. The maximum atomic E-state index is 7.79. The standard InChI is InChI=1S/C43H72B2O2S/c1-23-14-18-27-32(40(27,5)6)36(23)44(37-24(2)15-19-28-33(37)41(28,7)8)46-31(22-48-13)47-45(38-25(3)16-20-29-34(38)42(29,9)10)39-26(4)17-21-30-35(39)43(30,11)12/h22-30,32-39H,14-21H2,1-13H3/t23-,24-,25-,26-,27+,28+,29+,30+,32+,33+,34+,35+,36+,37+,38+,39+/m0/s1. The lowest BCUT2D eigenvalue weighted by Gasteiger charge is -2.44. The molecule has 0 saturated heterocycles. The summed E-state index contributed by atoms with van der Waals surface area (Å²) in [6.45, 7) is 31.6. The van der Waals surface area contributed by atoms with Crippen molar-refractivity contribution in [2.75, 3.05) is 6.26 Å². The molecule has 5 heteroatoms.